The number of hydrogen-bond donors (Lipinski definition) is 0. The maximum absolute atomic E-state index is 6.51. The fraction of sp³-hybridized carbons (Fsp3) is 0.0182. The van der Waals surface area contributed by atoms with Crippen molar-refractivity contribution in [2.24, 2.45) is 0 Å². The number of hydrogen-bond acceptors (Lipinski definition) is 1. The van der Waals surface area contributed by atoms with Gasteiger partial charge in [0.1, 0.15) is 11.5 Å². The van der Waals surface area contributed by atoms with E-state index in [2.05, 4.69) is 206 Å². The molecule has 0 aromatic heterocycles. The van der Waals surface area contributed by atoms with E-state index in [9.17, 15) is 0 Å². The Morgan fingerprint density at radius 3 is 1.73 bits per heavy atom. The van der Waals surface area contributed by atoms with Gasteiger partial charge in [0, 0.05) is 10.9 Å². The van der Waals surface area contributed by atoms with Crippen LogP contribution in [0.5, 0.6) is 11.5 Å². The van der Waals surface area contributed by atoms with Crippen molar-refractivity contribution in [3.63, 3.8) is 0 Å². The summed E-state index contributed by atoms with van der Waals surface area (Å²) in [4.78, 5) is 0. The van der Waals surface area contributed by atoms with Crippen molar-refractivity contribution < 1.29 is 4.74 Å². The van der Waals surface area contributed by atoms with E-state index in [1.807, 2.05) is 0 Å². The summed E-state index contributed by atoms with van der Waals surface area (Å²) in [5.41, 5.74) is 14.3. The van der Waals surface area contributed by atoms with Crippen molar-refractivity contribution in [2.75, 3.05) is 0 Å². The maximum atomic E-state index is 6.51. The van der Waals surface area contributed by atoms with E-state index in [0.717, 1.165) is 17.1 Å². The molecule has 0 saturated carbocycles. The third kappa shape index (κ3) is 4.43. The Balaban J connectivity index is 1.11. The van der Waals surface area contributed by atoms with Crippen LogP contribution in [0.25, 0.3) is 76.8 Å². The molecule has 1 nitrogen and oxygen atoms in total. The zero-order valence-electron chi connectivity index (χ0n) is 30.5. The summed E-state index contributed by atoms with van der Waals surface area (Å²) in [5.74, 6) is 1.81. The molecule has 12 rings (SSSR count). The molecule has 1 heterocycles. The van der Waals surface area contributed by atoms with Crippen LogP contribution in [0.4, 0.5) is 0 Å². The first-order valence-corrected chi connectivity index (χ1v) is 19.4. The summed E-state index contributed by atoms with van der Waals surface area (Å²) in [5, 5.41) is 7.37. The molecule has 56 heavy (non-hydrogen) atoms. The van der Waals surface area contributed by atoms with Crippen LogP contribution in [-0.4, -0.2) is 0 Å². The first kappa shape index (κ1) is 31.2. The fourth-order valence-electron chi connectivity index (χ4n) is 9.79. The predicted molar refractivity (Wildman–Crippen MR) is 233 cm³/mol. The van der Waals surface area contributed by atoms with Crippen molar-refractivity contribution in [3.05, 3.63) is 229 Å². The summed E-state index contributed by atoms with van der Waals surface area (Å²) in [6.07, 6.45) is 0. The summed E-state index contributed by atoms with van der Waals surface area (Å²) in [6.45, 7) is 0. The Labute approximate surface area is 325 Å². The van der Waals surface area contributed by atoms with Gasteiger partial charge in [-0.15, -0.1) is 0 Å². The number of fused-ring (bicyclic) bond motifs is 7. The van der Waals surface area contributed by atoms with E-state index in [-0.39, 0.29) is 0 Å². The van der Waals surface area contributed by atoms with Gasteiger partial charge in [-0.05, 0) is 131 Å². The van der Waals surface area contributed by atoms with Crippen molar-refractivity contribution in [1.29, 1.82) is 0 Å². The highest BCUT2D eigenvalue weighted by Crippen LogP contribution is 2.58. The molecule has 0 atom stereocenters. The molecule has 1 aliphatic heterocycles. The Kier molecular flexibility index (Phi) is 6.62. The highest BCUT2D eigenvalue weighted by atomic mass is 16.5. The summed E-state index contributed by atoms with van der Waals surface area (Å²) >= 11 is 0. The van der Waals surface area contributed by atoms with Gasteiger partial charge >= 0.3 is 0 Å². The van der Waals surface area contributed by atoms with Gasteiger partial charge in [-0.1, -0.05) is 164 Å². The standard InChI is InChI=1S/C55H34O/c1-3-17-42(18-4-1)55(43-19-5-2-6-20-43)50-32-39(38-27-29-52-49(31-38)46-22-9-14-36-15-11-23-53(56-52)54(36)46)26-28-45(50)48-34-47-40(33-51(48)55)16-10-21-44(47)41-25-24-35-12-7-8-13-37(35)30-41/h1-34H. The molecule has 0 unspecified atom stereocenters. The molecule has 10 aromatic rings. The van der Waals surface area contributed by atoms with Gasteiger partial charge in [-0.2, -0.15) is 0 Å². The number of rotatable bonds is 4. The van der Waals surface area contributed by atoms with E-state index in [1.165, 1.54) is 93.5 Å². The second kappa shape index (κ2) is 11.9. The number of ether oxygens (including phenoxy) is 1. The SMILES string of the molecule is c1ccc(C2(c3ccccc3)c3cc(-c4ccc5c(c4)-c4cccc6cccc(c46)O5)ccc3-c3cc4c(-c5ccc6ccccc6c5)cccc4cc32)cc1. The lowest BCUT2D eigenvalue weighted by Crippen LogP contribution is -2.28. The quantitative estimate of drug-likeness (QED) is 0.177. The van der Waals surface area contributed by atoms with Gasteiger partial charge in [-0.3, -0.25) is 0 Å². The lowest BCUT2D eigenvalue weighted by atomic mass is 9.67. The largest absolute Gasteiger partial charge is 0.456 e. The molecule has 0 N–H and O–H groups in total. The van der Waals surface area contributed by atoms with Gasteiger partial charge in [0.25, 0.3) is 0 Å². The van der Waals surface area contributed by atoms with E-state index in [0.29, 0.717) is 0 Å². The van der Waals surface area contributed by atoms with Crippen LogP contribution in [0.15, 0.2) is 206 Å². The minimum atomic E-state index is -0.530. The average Bonchev–Trinajstić information content (AvgIpc) is 3.55. The van der Waals surface area contributed by atoms with Crippen LogP contribution in [0.3, 0.4) is 0 Å². The van der Waals surface area contributed by atoms with Gasteiger partial charge < -0.3 is 4.74 Å². The molecule has 1 heteroatoms. The second-order valence-electron chi connectivity index (χ2n) is 15.2. The molecule has 0 saturated heterocycles. The zero-order chi connectivity index (χ0) is 36.8. The summed E-state index contributed by atoms with van der Waals surface area (Å²) < 4.78 is 6.51. The van der Waals surface area contributed by atoms with Crippen LogP contribution in [0.1, 0.15) is 22.3 Å². The van der Waals surface area contributed by atoms with Crippen LogP contribution in [0, 0.1) is 0 Å². The molecular weight excluding hydrogens is 677 g/mol. The third-order valence-electron chi connectivity index (χ3n) is 12.3. The number of benzene rings is 10. The lowest BCUT2D eigenvalue weighted by molar-refractivity contribution is 0.487. The first-order chi connectivity index (χ1) is 27.7. The topological polar surface area (TPSA) is 9.23 Å². The monoisotopic (exact) mass is 710 g/mol. The summed E-state index contributed by atoms with van der Waals surface area (Å²) in [7, 11) is 0. The molecule has 10 aromatic carbocycles. The normalized spacial score (nSPS) is 13.3. The predicted octanol–water partition coefficient (Wildman–Crippen LogP) is 14.6. The Hall–Kier alpha value is -7.22. The van der Waals surface area contributed by atoms with Crippen molar-refractivity contribution in [2.45, 2.75) is 5.41 Å². The van der Waals surface area contributed by atoms with E-state index >= 15 is 0 Å². The molecule has 0 fully saturated rings. The highest BCUT2D eigenvalue weighted by Gasteiger charge is 2.46. The second-order valence-corrected chi connectivity index (χ2v) is 15.2. The highest BCUT2D eigenvalue weighted by molar-refractivity contribution is 6.06. The minimum Gasteiger partial charge on any atom is -0.456 e. The molecule has 0 radical (unpaired) electrons. The van der Waals surface area contributed by atoms with Gasteiger partial charge in [-0.25, -0.2) is 0 Å². The summed E-state index contributed by atoms with van der Waals surface area (Å²) in [6, 6.07) is 76.1. The lowest BCUT2D eigenvalue weighted by Gasteiger charge is -2.34. The maximum Gasteiger partial charge on any atom is 0.135 e. The van der Waals surface area contributed by atoms with Gasteiger partial charge in [0.05, 0.1) is 5.41 Å². The molecule has 1 aliphatic carbocycles. The minimum absolute atomic E-state index is 0.530. The molecule has 260 valence electrons. The molecular formula is C55H34O. The van der Waals surface area contributed by atoms with Crippen LogP contribution >= 0.6 is 0 Å². The van der Waals surface area contributed by atoms with Crippen molar-refractivity contribution in [1.82, 2.24) is 0 Å². The Morgan fingerprint density at radius 1 is 0.304 bits per heavy atom. The van der Waals surface area contributed by atoms with E-state index in [4.69, 9.17) is 4.74 Å². The molecule has 0 spiro atoms. The van der Waals surface area contributed by atoms with Crippen molar-refractivity contribution in [3.8, 4) is 56.0 Å². The Bertz CT molecular complexity index is 3170. The van der Waals surface area contributed by atoms with Crippen LogP contribution < -0.4 is 4.74 Å². The van der Waals surface area contributed by atoms with Gasteiger partial charge in [0.15, 0.2) is 0 Å². The van der Waals surface area contributed by atoms with Crippen LogP contribution in [0.2, 0.25) is 0 Å². The van der Waals surface area contributed by atoms with Crippen molar-refractivity contribution >= 4 is 32.3 Å². The molecule has 0 bridgehead atoms. The Morgan fingerprint density at radius 2 is 0.929 bits per heavy atom. The molecule has 2 aliphatic rings. The first-order valence-electron chi connectivity index (χ1n) is 19.4. The smallest absolute Gasteiger partial charge is 0.135 e. The molecule has 0 amide bonds. The van der Waals surface area contributed by atoms with E-state index < -0.39 is 5.41 Å². The fourth-order valence-corrected chi connectivity index (χ4v) is 9.79. The van der Waals surface area contributed by atoms with Gasteiger partial charge in [0.2, 0.25) is 0 Å². The third-order valence-corrected chi connectivity index (χ3v) is 12.3. The average molecular weight is 711 g/mol. The van der Waals surface area contributed by atoms with E-state index in [1.54, 1.807) is 0 Å². The zero-order valence-corrected chi connectivity index (χ0v) is 30.5. The van der Waals surface area contributed by atoms with Crippen LogP contribution in [-0.2, 0) is 5.41 Å².